The molecule has 6 heteroatoms. The number of rotatable bonds is 5. The van der Waals surface area contributed by atoms with Crippen molar-refractivity contribution in [1.82, 2.24) is 15.2 Å². The molecule has 0 unspecified atom stereocenters. The van der Waals surface area contributed by atoms with Gasteiger partial charge in [-0.3, -0.25) is 9.69 Å². The zero-order valence-electron chi connectivity index (χ0n) is 14.4. The molecule has 3 aliphatic rings. The van der Waals surface area contributed by atoms with Crippen LogP contribution in [0.15, 0.2) is 5.38 Å². The minimum Gasteiger partial charge on any atom is -0.376 e. The molecule has 4 rings (SSSR count). The molecule has 1 saturated carbocycles. The maximum Gasteiger partial charge on any atom is 0.220 e. The Morgan fingerprint density at radius 2 is 2.29 bits per heavy atom. The summed E-state index contributed by atoms with van der Waals surface area (Å²) in [5, 5.41) is 6.56. The van der Waals surface area contributed by atoms with Crippen LogP contribution in [0.25, 0.3) is 0 Å². The number of piperidine rings is 1. The quantitative estimate of drug-likeness (QED) is 0.887. The minimum atomic E-state index is 0.120. The van der Waals surface area contributed by atoms with Gasteiger partial charge in [-0.15, -0.1) is 11.3 Å². The Morgan fingerprint density at radius 3 is 3.04 bits per heavy atom. The van der Waals surface area contributed by atoms with Crippen molar-refractivity contribution >= 4 is 17.2 Å². The lowest BCUT2D eigenvalue weighted by atomic mass is 9.85. The summed E-state index contributed by atoms with van der Waals surface area (Å²) in [6.45, 7) is 5.69. The Kier molecular flexibility index (Phi) is 4.88. The summed E-state index contributed by atoms with van der Waals surface area (Å²) in [6, 6.07) is 0.120. The standard InChI is InChI=1S/C18H27N3O2S/c1-12-19-15(11-24-12)9-21-8-14-3-2-6-23-18(14)16(10-21)20-17(22)7-13-4-5-13/h11,13-14,16,18H,2-10H2,1H3,(H,20,22)/t14-,16+,18-/m0/s1. The van der Waals surface area contributed by atoms with Crippen molar-refractivity contribution in [2.75, 3.05) is 19.7 Å². The maximum absolute atomic E-state index is 12.3. The molecule has 0 radical (unpaired) electrons. The summed E-state index contributed by atoms with van der Waals surface area (Å²) in [7, 11) is 0. The van der Waals surface area contributed by atoms with Gasteiger partial charge in [0.15, 0.2) is 0 Å². The van der Waals surface area contributed by atoms with Gasteiger partial charge in [0.1, 0.15) is 0 Å². The fourth-order valence-corrected chi connectivity index (χ4v) is 4.71. The second kappa shape index (κ2) is 7.10. The molecule has 0 spiro atoms. The monoisotopic (exact) mass is 349 g/mol. The molecule has 1 amide bonds. The van der Waals surface area contributed by atoms with E-state index >= 15 is 0 Å². The molecule has 3 atom stereocenters. The summed E-state index contributed by atoms with van der Waals surface area (Å²) in [5.74, 6) is 1.37. The largest absolute Gasteiger partial charge is 0.376 e. The van der Waals surface area contributed by atoms with E-state index in [2.05, 4.69) is 27.5 Å². The SMILES string of the molecule is Cc1nc(CN2C[C@@H]3CCCO[C@@H]3[C@H](NC(=O)CC3CC3)C2)cs1. The van der Waals surface area contributed by atoms with E-state index in [4.69, 9.17) is 4.74 Å². The van der Waals surface area contributed by atoms with Crippen molar-refractivity contribution < 1.29 is 9.53 Å². The van der Waals surface area contributed by atoms with Crippen molar-refractivity contribution in [3.05, 3.63) is 16.1 Å². The number of fused-ring (bicyclic) bond motifs is 1. The summed E-state index contributed by atoms with van der Waals surface area (Å²) in [6.07, 6.45) is 5.65. The first-order valence-corrected chi connectivity index (χ1v) is 10.1. The van der Waals surface area contributed by atoms with Gasteiger partial charge in [0, 0.05) is 38.0 Å². The number of carbonyl (C=O) groups is 1. The van der Waals surface area contributed by atoms with Gasteiger partial charge in [-0.2, -0.15) is 0 Å². The molecule has 2 saturated heterocycles. The molecule has 3 fully saturated rings. The summed E-state index contributed by atoms with van der Waals surface area (Å²) in [4.78, 5) is 19.4. The Morgan fingerprint density at radius 1 is 1.42 bits per heavy atom. The molecular formula is C18H27N3O2S. The third-order valence-corrected chi connectivity index (χ3v) is 6.23. The van der Waals surface area contributed by atoms with Crippen LogP contribution in [0, 0.1) is 18.8 Å². The normalized spacial score (nSPS) is 30.8. The maximum atomic E-state index is 12.3. The lowest BCUT2D eigenvalue weighted by molar-refractivity contribution is -0.128. The fourth-order valence-electron chi connectivity index (χ4n) is 4.11. The van der Waals surface area contributed by atoms with Crippen LogP contribution in [-0.2, 0) is 16.1 Å². The van der Waals surface area contributed by atoms with Gasteiger partial charge in [-0.25, -0.2) is 4.98 Å². The zero-order valence-corrected chi connectivity index (χ0v) is 15.2. The van der Waals surface area contributed by atoms with Crippen LogP contribution in [0.1, 0.15) is 42.8 Å². The van der Waals surface area contributed by atoms with Gasteiger partial charge >= 0.3 is 0 Å². The van der Waals surface area contributed by atoms with E-state index in [1.807, 2.05) is 0 Å². The van der Waals surface area contributed by atoms with E-state index in [0.717, 1.165) is 43.4 Å². The van der Waals surface area contributed by atoms with E-state index in [-0.39, 0.29) is 18.1 Å². The first-order valence-electron chi connectivity index (χ1n) is 9.21. The van der Waals surface area contributed by atoms with Crippen molar-refractivity contribution in [2.24, 2.45) is 11.8 Å². The van der Waals surface area contributed by atoms with Crippen LogP contribution in [-0.4, -0.2) is 47.6 Å². The van der Waals surface area contributed by atoms with Crippen LogP contribution in [0.4, 0.5) is 0 Å². The number of hydrogen-bond acceptors (Lipinski definition) is 5. The lowest BCUT2D eigenvalue weighted by Gasteiger charge is -2.45. The van der Waals surface area contributed by atoms with Crippen LogP contribution in [0.2, 0.25) is 0 Å². The Labute approximate surface area is 147 Å². The van der Waals surface area contributed by atoms with Crippen molar-refractivity contribution in [3.8, 4) is 0 Å². The Hall–Kier alpha value is -0.980. The molecule has 1 aromatic heterocycles. The third-order valence-electron chi connectivity index (χ3n) is 5.41. The Bertz CT molecular complexity index is 587. The number of amides is 1. The molecule has 24 heavy (non-hydrogen) atoms. The number of hydrogen-bond donors (Lipinski definition) is 1. The second-order valence-corrected chi connectivity index (χ2v) is 8.67. The highest BCUT2D eigenvalue weighted by Crippen LogP contribution is 2.33. The van der Waals surface area contributed by atoms with Gasteiger partial charge in [0.25, 0.3) is 0 Å². The predicted molar refractivity (Wildman–Crippen MR) is 93.9 cm³/mol. The number of nitrogens with zero attached hydrogens (tertiary/aromatic N) is 2. The van der Waals surface area contributed by atoms with Gasteiger partial charge in [0.05, 0.1) is 22.8 Å². The number of aromatic nitrogens is 1. The molecule has 132 valence electrons. The van der Waals surface area contributed by atoms with Crippen molar-refractivity contribution in [2.45, 2.75) is 57.7 Å². The van der Waals surface area contributed by atoms with Crippen LogP contribution >= 0.6 is 11.3 Å². The molecular weight excluding hydrogens is 322 g/mol. The van der Waals surface area contributed by atoms with E-state index in [0.29, 0.717) is 18.3 Å². The topological polar surface area (TPSA) is 54.5 Å². The molecule has 2 aliphatic heterocycles. The fraction of sp³-hybridized carbons (Fsp3) is 0.778. The zero-order chi connectivity index (χ0) is 16.5. The van der Waals surface area contributed by atoms with Gasteiger partial charge < -0.3 is 10.1 Å². The molecule has 3 heterocycles. The number of likely N-dealkylation sites (tertiary alicyclic amines) is 1. The van der Waals surface area contributed by atoms with Gasteiger partial charge in [-0.05, 0) is 44.4 Å². The van der Waals surface area contributed by atoms with E-state index in [1.54, 1.807) is 11.3 Å². The smallest absolute Gasteiger partial charge is 0.220 e. The van der Waals surface area contributed by atoms with Crippen molar-refractivity contribution in [3.63, 3.8) is 0 Å². The highest BCUT2D eigenvalue weighted by atomic mass is 32.1. The number of ether oxygens (including phenoxy) is 1. The summed E-state index contributed by atoms with van der Waals surface area (Å²) in [5.41, 5.74) is 1.15. The molecule has 0 aromatic carbocycles. The predicted octanol–water partition coefficient (Wildman–Crippen LogP) is 2.35. The molecule has 5 nitrogen and oxygen atoms in total. The molecule has 1 aromatic rings. The molecule has 0 bridgehead atoms. The lowest BCUT2D eigenvalue weighted by Crippen LogP contribution is -2.60. The highest BCUT2D eigenvalue weighted by molar-refractivity contribution is 7.09. The van der Waals surface area contributed by atoms with Crippen LogP contribution in [0.5, 0.6) is 0 Å². The van der Waals surface area contributed by atoms with Crippen molar-refractivity contribution in [1.29, 1.82) is 0 Å². The first kappa shape index (κ1) is 16.5. The van der Waals surface area contributed by atoms with Gasteiger partial charge in [0.2, 0.25) is 5.91 Å². The number of nitrogens with one attached hydrogen (secondary N) is 1. The van der Waals surface area contributed by atoms with E-state index in [9.17, 15) is 4.79 Å². The molecule has 1 N–H and O–H groups in total. The van der Waals surface area contributed by atoms with Crippen LogP contribution in [0.3, 0.4) is 0 Å². The van der Waals surface area contributed by atoms with E-state index < -0.39 is 0 Å². The average molecular weight is 350 g/mol. The third kappa shape index (κ3) is 3.98. The first-order chi connectivity index (χ1) is 11.7. The second-order valence-electron chi connectivity index (χ2n) is 7.61. The number of aryl methyl sites for hydroxylation is 1. The van der Waals surface area contributed by atoms with E-state index in [1.165, 1.54) is 19.3 Å². The average Bonchev–Trinajstić information content (AvgIpc) is 3.27. The van der Waals surface area contributed by atoms with Gasteiger partial charge in [-0.1, -0.05) is 0 Å². The minimum absolute atomic E-state index is 0.120. The molecule has 1 aliphatic carbocycles. The summed E-state index contributed by atoms with van der Waals surface area (Å²) < 4.78 is 6.06. The highest BCUT2D eigenvalue weighted by Gasteiger charge is 2.40. The summed E-state index contributed by atoms with van der Waals surface area (Å²) >= 11 is 1.71. The van der Waals surface area contributed by atoms with Crippen LogP contribution < -0.4 is 5.32 Å². The number of carbonyl (C=O) groups excluding carboxylic acids is 1. The Balaban J connectivity index is 1.41. The number of thiazole rings is 1.